The molecule has 2 aromatic heterocycles. The Morgan fingerprint density at radius 1 is 0.465 bits per heavy atom. The van der Waals surface area contributed by atoms with Crippen LogP contribution in [0.25, 0.3) is 22.1 Å². The maximum absolute atomic E-state index is 4.01. The Labute approximate surface area is 281 Å². The van der Waals surface area contributed by atoms with Gasteiger partial charge in [-0.05, 0) is 51.3 Å². The molecular formula is C36H31Br3N4. The molecule has 0 atom stereocenters. The van der Waals surface area contributed by atoms with Crippen LogP contribution in [0.1, 0.15) is 22.3 Å². The highest BCUT2D eigenvalue weighted by Gasteiger charge is 2.20. The molecule has 4 nitrogen and oxygen atoms in total. The zero-order chi connectivity index (χ0) is 27.6. The van der Waals surface area contributed by atoms with Crippen molar-refractivity contribution in [1.82, 2.24) is 9.13 Å². The zero-order valence-corrected chi connectivity index (χ0v) is 28.3. The predicted octanol–water partition coefficient (Wildman–Crippen LogP) is 1.13. The highest BCUT2D eigenvalue weighted by molar-refractivity contribution is 9.10. The minimum atomic E-state index is 0. The second-order valence-electron chi connectivity index (χ2n) is 10.6. The van der Waals surface area contributed by atoms with E-state index in [1.807, 2.05) is 0 Å². The largest absolute Gasteiger partial charge is 1.00 e. The molecule has 0 saturated heterocycles. The first-order chi connectivity index (χ1) is 20.2. The number of benzene rings is 5. The Kier molecular flexibility index (Phi) is 9.96. The Morgan fingerprint density at radius 3 is 1.30 bits per heavy atom. The van der Waals surface area contributed by atoms with Crippen molar-refractivity contribution in [3.05, 3.63) is 167 Å². The molecule has 5 aromatic carbocycles. The van der Waals surface area contributed by atoms with Crippen molar-refractivity contribution >= 4 is 38.0 Å². The third-order valence-corrected chi connectivity index (χ3v) is 8.81. The Morgan fingerprint density at radius 2 is 0.860 bits per heavy atom. The smallest absolute Gasteiger partial charge is 0.245 e. The summed E-state index contributed by atoms with van der Waals surface area (Å²) in [5, 5.41) is 0. The molecule has 7 rings (SSSR count). The molecule has 216 valence electrons. The molecule has 0 amide bonds. The lowest BCUT2D eigenvalue weighted by molar-refractivity contribution is -0.663. The first kappa shape index (κ1) is 30.9. The average Bonchev–Trinajstić information content (AvgIpc) is 3.54. The number of hydrogen-bond donors (Lipinski definition) is 0. The summed E-state index contributed by atoms with van der Waals surface area (Å²) < 4.78 is 10.6. The van der Waals surface area contributed by atoms with Gasteiger partial charge in [0.05, 0.1) is 0 Å². The lowest BCUT2D eigenvalue weighted by Crippen LogP contribution is -3.00. The number of imidazole rings is 2. The lowest BCUT2D eigenvalue weighted by atomic mass is 10.1. The third kappa shape index (κ3) is 6.54. The van der Waals surface area contributed by atoms with Crippen LogP contribution < -0.4 is 43.1 Å². The minimum absolute atomic E-state index is 0. The summed E-state index contributed by atoms with van der Waals surface area (Å²) in [5.41, 5.74) is 10.1. The van der Waals surface area contributed by atoms with Gasteiger partial charge in [0.25, 0.3) is 0 Å². The fraction of sp³-hybridized carbons (Fsp3) is 0.111. The van der Waals surface area contributed by atoms with Crippen LogP contribution in [0.5, 0.6) is 0 Å². The maximum Gasteiger partial charge on any atom is 0.245 e. The Hall–Kier alpha value is -3.52. The van der Waals surface area contributed by atoms with Crippen LogP contribution >= 0.6 is 15.9 Å². The molecule has 0 aliphatic carbocycles. The van der Waals surface area contributed by atoms with E-state index in [9.17, 15) is 0 Å². The van der Waals surface area contributed by atoms with E-state index in [1.165, 1.54) is 48.8 Å². The number of halogens is 3. The van der Waals surface area contributed by atoms with Gasteiger partial charge < -0.3 is 34.0 Å². The van der Waals surface area contributed by atoms with Gasteiger partial charge in [0, 0.05) is 15.6 Å². The van der Waals surface area contributed by atoms with E-state index in [2.05, 4.69) is 174 Å². The number of hydrogen-bond acceptors (Lipinski definition) is 0. The summed E-state index contributed by atoms with van der Waals surface area (Å²) in [5.74, 6) is 0. The van der Waals surface area contributed by atoms with Crippen LogP contribution in [0.2, 0.25) is 0 Å². The minimum Gasteiger partial charge on any atom is -1.00 e. The van der Waals surface area contributed by atoms with Gasteiger partial charge in [-0.25, -0.2) is 18.3 Å². The standard InChI is InChI=1S/C36H31BrN4.2BrH/c37-36-30(24-40-26-38(22-28-12-3-1-4-13-28)32-18-7-9-20-34(32)40)16-11-17-31(36)25-41-27-39(23-29-14-5-2-6-15-29)33-19-8-10-21-35(33)41;;/h1-21,26-27H,22-25H2;2*1H/q+2;;/p-2. The number of aromatic nitrogens is 4. The second-order valence-corrected chi connectivity index (χ2v) is 11.4. The summed E-state index contributed by atoms with van der Waals surface area (Å²) in [6.45, 7) is 3.27. The SMILES string of the molecule is Brc1c(Cn2c[n+](Cc3ccccc3)c3ccccc32)cccc1Cn1c[n+](Cc2ccccc2)c2ccccc21.[Br-].[Br-]. The number of para-hydroxylation sites is 4. The molecule has 0 aliphatic rings. The van der Waals surface area contributed by atoms with Crippen molar-refractivity contribution in [3.8, 4) is 0 Å². The van der Waals surface area contributed by atoms with Gasteiger partial charge in [-0.2, -0.15) is 0 Å². The van der Waals surface area contributed by atoms with E-state index in [1.54, 1.807) is 0 Å². The number of nitrogens with zero attached hydrogens (tertiary/aromatic N) is 4. The third-order valence-electron chi connectivity index (χ3n) is 7.79. The molecule has 0 bridgehead atoms. The molecule has 7 aromatic rings. The molecular weight excluding hydrogens is 728 g/mol. The van der Waals surface area contributed by atoms with Crippen molar-refractivity contribution < 1.29 is 43.1 Å². The molecule has 0 radical (unpaired) electrons. The highest BCUT2D eigenvalue weighted by Crippen LogP contribution is 2.26. The number of rotatable bonds is 8. The van der Waals surface area contributed by atoms with Gasteiger partial charge in [-0.15, -0.1) is 0 Å². The molecule has 43 heavy (non-hydrogen) atoms. The van der Waals surface area contributed by atoms with Crippen molar-refractivity contribution in [2.75, 3.05) is 0 Å². The van der Waals surface area contributed by atoms with E-state index in [0.29, 0.717) is 0 Å². The Balaban J connectivity index is 0.00000184. The van der Waals surface area contributed by atoms with Gasteiger partial charge in [-0.3, -0.25) is 0 Å². The fourth-order valence-electron chi connectivity index (χ4n) is 5.79. The van der Waals surface area contributed by atoms with Crippen LogP contribution in [0.15, 0.2) is 145 Å². The summed E-state index contributed by atoms with van der Waals surface area (Å²) in [7, 11) is 0. The summed E-state index contributed by atoms with van der Waals surface area (Å²) in [4.78, 5) is 0. The van der Waals surface area contributed by atoms with Crippen molar-refractivity contribution in [3.63, 3.8) is 0 Å². The van der Waals surface area contributed by atoms with Gasteiger partial charge >= 0.3 is 0 Å². The first-order valence-corrected chi connectivity index (χ1v) is 14.8. The van der Waals surface area contributed by atoms with Crippen LogP contribution in [-0.2, 0) is 26.2 Å². The van der Waals surface area contributed by atoms with E-state index in [-0.39, 0.29) is 34.0 Å². The molecule has 0 aliphatic heterocycles. The molecule has 0 unspecified atom stereocenters. The van der Waals surface area contributed by atoms with Gasteiger partial charge in [0.1, 0.15) is 26.2 Å². The summed E-state index contributed by atoms with van der Waals surface area (Å²) in [6.07, 6.45) is 4.51. The van der Waals surface area contributed by atoms with Gasteiger partial charge in [0.2, 0.25) is 12.7 Å². The van der Waals surface area contributed by atoms with Crippen LogP contribution in [-0.4, -0.2) is 9.13 Å². The van der Waals surface area contributed by atoms with E-state index >= 15 is 0 Å². The topological polar surface area (TPSA) is 17.6 Å². The van der Waals surface area contributed by atoms with Crippen molar-refractivity contribution in [1.29, 1.82) is 0 Å². The van der Waals surface area contributed by atoms with E-state index in [0.717, 1.165) is 26.2 Å². The average molecular weight is 759 g/mol. The highest BCUT2D eigenvalue weighted by atomic mass is 79.9. The first-order valence-electron chi connectivity index (χ1n) is 14.0. The van der Waals surface area contributed by atoms with Crippen LogP contribution in [0.4, 0.5) is 0 Å². The predicted molar refractivity (Wildman–Crippen MR) is 168 cm³/mol. The second kappa shape index (κ2) is 13.8. The maximum atomic E-state index is 4.01. The zero-order valence-electron chi connectivity index (χ0n) is 23.5. The molecule has 0 saturated carbocycles. The van der Waals surface area contributed by atoms with Crippen molar-refractivity contribution in [2.45, 2.75) is 26.2 Å². The van der Waals surface area contributed by atoms with E-state index < -0.39 is 0 Å². The van der Waals surface area contributed by atoms with Gasteiger partial charge in [-0.1, -0.05) is 103 Å². The summed E-state index contributed by atoms with van der Waals surface area (Å²) >= 11 is 4.01. The monoisotopic (exact) mass is 756 g/mol. The molecule has 0 N–H and O–H groups in total. The number of fused-ring (bicyclic) bond motifs is 2. The van der Waals surface area contributed by atoms with Crippen molar-refractivity contribution in [2.24, 2.45) is 0 Å². The Bertz CT molecular complexity index is 1820. The molecule has 7 heteroatoms. The normalized spacial score (nSPS) is 10.9. The quantitative estimate of drug-likeness (QED) is 0.207. The van der Waals surface area contributed by atoms with E-state index in [4.69, 9.17) is 0 Å². The molecule has 0 spiro atoms. The lowest BCUT2D eigenvalue weighted by Gasteiger charge is -2.08. The fourth-order valence-corrected chi connectivity index (χ4v) is 6.31. The van der Waals surface area contributed by atoms with Crippen LogP contribution in [0, 0.1) is 0 Å². The van der Waals surface area contributed by atoms with Crippen LogP contribution in [0.3, 0.4) is 0 Å². The molecule has 0 fully saturated rings. The van der Waals surface area contributed by atoms with Gasteiger partial charge in [0.15, 0.2) is 22.1 Å². The molecule has 2 heterocycles. The summed E-state index contributed by atoms with van der Waals surface area (Å²) in [6, 6.07) is 45.3.